The summed E-state index contributed by atoms with van der Waals surface area (Å²) < 4.78 is 222. The molecule has 0 unspecified atom stereocenters. The van der Waals surface area contributed by atoms with Gasteiger partial charge < -0.3 is 0 Å². The van der Waals surface area contributed by atoms with Crippen LogP contribution < -0.4 is 4.57 Å². The Morgan fingerprint density at radius 1 is 0.537 bits per heavy atom. The van der Waals surface area contributed by atoms with Gasteiger partial charge in [0.15, 0.2) is 0 Å². The molecule has 0 bridgehead atoms. The van der Waals surface area contributed by atoms with Crippen molar-refractivity contribution < 1.29 is 92.4 Å². The molecule has 244 valence electrons. The Morgan fingerprint density at radius 3 is 1.07 bits per heavy atom. The summed E-state index contributed by atoms with van der Waals surface area (Å²) in [5.74, 6) is 0. The van der Waals surface area contributed by atoms with E-state index in [0.29, 0.717) is 0 Å². The van der Waals surface area contributed by atoms with Gasteiger partial charge in [-0.15, -0.1) is 0 Å². The van der Waals surface area contributed by atoms with E-state index in [1.165, 1.54) is 32.2 Å². The van der Waals surface area contributed by atoms with Gasteiger partial charge in [-0.05, 0) is 12.8 Å². The van der Waals surface area contributed by atoms with E-state index in [-0.39, 0.29) is 0 Å². The molecule has 0 aromatic carbocycles. The van der Waals surface area contributed by atoms with Gasteiger partial charge >= 0.3 is 147 Å². The van der Waals surface area contributed by atoms with E-state index in [1.54, 1.807) is 0 Å². The van der Waals surface area contributed by atoms with Gasteiger partial charge in [0.2, 0.25) is 6.33 Å². The Bertz CT molecular complexity index is 859. The average molecular weight is 758 g/mol. The molecule has 0 saturated heterocycles. The van der Waals surface area contributed by atoms with E-state index in [4.69, 9.17) is 0 Å². The van der Waals surface area contributed by atoms with Gasteiger partial charge in [0.1, 0.15) is 12.4 Å². The second-order valence-electron chi connectivity index (χ2n) is 8.73. The summed E-state index contributed by atoms with van der Waals surface area (Å²) in [5.41, 5.74) is 0. The molecule has 0 fully saturated rings. The zero-order chi connectivity index (χ0) is 33.3. The molecule has 1 heterocycles. The third-order valence-corrected chi connectivity index (χ3v) is 21.9. The first kappa shape index (κ1) is 39.7. The Balaban J connectivity index is 0.00000110. The fourth-order valence-corrected chi connectivity index (χ4v) is 17.1. The van der Waals surface area contributed by atoms with Crippen LogP contribution in [0.5, 0.6) is 0 Å². The van der Waals surface area contributed by atoms with Crippen LogP contribution in [0.2, 0.25) is 0 Å². The van der Waals surface area contributed by atoms with Crippen LogP contribution >= 0.6 is 0 Å². The Kier molecular flexibility index (Phi) is 12.0. The third kappa shape index (κ3) is 7.09. The predicted molar refractivity (Wildman–Crippen MR) is 99.5 cm³/mol. The molecule has 1 aromatic heterocycles. The SMILES string of the molecule is CCCCCCn1cc[n+](C)c1.FC(F)(F)[C](F)(F)[In-]([C](F)(F)C(F)(F)F)([C](F)(F)C(F)(F)F)[C](F)(F)C(F)(F)F. The molecule has 1 rings (SSSR count). The number of unbranched alkanes of at least 4 members (excludes halogenated alkanes) is 3. The van der Waals surface area contributed by atoms with Crippen LogP contribution in [-0.4, -0.2) is 64.0 Å². The standard InChI is InChI=1S/C10H19N2.4C2F5.In/c1-3-4-5-6-7-12-9-8-11(2)10-12;4*3-1(4)2(5,6)7;/h8-10H,3-7H2,1-2H3;;;;;/q+1;;;;;-1. The number of nitrogens with zero attached hydrogens (tertiary/aromatic N) is 2. The summed E-state index contributed by atoms with van der Waals surface area (Å²) in [6.45, 7) is 3.41. The first-order valence-electron chi connectivity index (χ1n) is 10.8. The number of aryl methyl sites for hydroxylation is 2. The van der Waals surface area contributed by atoms with Crippen LogP contribution in [-0.2, 0) is 13.6 Å². The molecule has 1 aromatic rings. The number of alkyl halides is 20. The van der Waals surface area contributed by atoms with Gasteiger partial charge in [-0.2, -0.15) is 0 Å². The van der Waals surface area contributed by atoms with E-state index in [9.17, 15) is 87.8 Å². The van der Waals surface area contributed by atoms with Crippen molar-refractivity contribution in [3.63, 3.8) is 0 Å². The monoisotopic (exact) mass is 758 g/mol. The van der Waals surface area contributed by atoms with E-state index >= 15 is 0 Å². The van der Waals surface area contributed by atoms with E-state index < -0.39 is 59.4 Å². The van der Waals surface area contributed by atoms with Crippen LogP contribution in [0, 0.1) is 0 Å². The van der Waals surface area contributed by atoms with Crippen LogP contribution in [0.3, 0.4) is 0 Å². The summed E-state index contributed by atoms with van der Waals surface area (Å²) in [7, 11) is 2.06. The van der Waals surface area contributed by atoms with Crippen molar-refractivity contribution in [1.82, 2.24) is 4.57 Å². The van der Waals surface area contributed by atoms with Crippen molar-refractivity contribution in [1.29, 1.82) is 0 Å². The summed E-state index contributed by atoms with van der Waals surface area (Å²) in [6, 6.07) is 0. The number of hydrogen-bond acceptors (Lipinski definition) is 0. The number of hydrogen-bond donors (Lipinski definition) is 0. The molecular weight excluding hydrogens is 739 g/mol. The fraction of sp³-hybridized carbons (Fsp3) is 0.833. The van der Waals surface area contributed by atoms with Crippen molar-refractivity contribution in [3.8, 4) is 0 Å². The van der Waals surface area contributed by atoms with E-state index in [2.05, 4.69) is 41.8 Å². The Morgan fingerprint density at radius 2 is 0.854 bits per heavy atom. The van der Waals surface area contributed by atoms with Crippen molar-refractivity contribution in [3.05, 3.63) is 18.7 Å². The fourth-order valence-electron chi connectivity index (χ4n) is 3.70. The van der Waals surface area contributed by atoms with Crippen LogP contribution in [0.4, 0.5) is 87.8 Å². The second-order valence-corrected chi connectivity index (χ2v) is 21.9. The van der Waals surface area contributed by atoms with Crippen molar-refractivity contribution in [2.45, 2.75) is 78.6 Å². The number of imidazole rings is 1. The maximum atomic E-state index is 13.4. The third-order valence-electron chi connectivity index (χ3n) is 5.78. The summed E-state index contributed by atoms with van der Waals surface area (Å²) in [5, 5.41) is 0. The Labute approximate surface area is 221 Å². The summed E-state index contributed by atoms with van der Waals surface area (Å²) >= 11 is -13.4. The zero-order valence-electron chi connectivity index (χ0n) is 20.3. The molecule has 0 radical (unpaired) electrons. The number of rotatable bonds is 9. The summed E-state index contributed by atoms with van der Waals surface area (Å²) in [4.78, 5) is 0. The van der Waals surface area contributed by atoms with Crippen molar-refractivity contribution >= 4 is 20.0 Å². The maximum absolute atomic E-state index is 13.4. The topological polar surface area (TPSA) is 8.81 Å². The van der Waals surface area contributed by atoms with Gasteiger partial charge in [-0.1, -0.05) is 19.8 Å². The molecule has 0 aliphatic rings. The van der Waals surface area contributed by atoms with Crippen LogP contribution in [0.1, 0.15) is 32.6 Å². The molecule has 0 atom stereocenters. The molecule has 0 aliphatic carbocycles. The van der Waals surface area contributed by atoms with Crippen molar-refractivity contribution in [2.24, 2.45) is 7.05 Å². The number of aromatic nitrogens is 2. The first-order valence-corrected chi connectivity index (χ1v) is 17.4. The predicted octanol–water partition coefficient (Wildman–Crippen LogP) is 8.28. The molecule has 0 aliphatic heterocycles. The molecule has 41 heavy (non-hydrogen) atoms. The molecule has 2 nitrogen and oxygen atoms in total. The van der Waals surface area contributed by atoms with Gasteiger partial charge in [-0.25, -0.2) is 9.13 Å². The van der Waals surface area contributed by atoms with Gasteiger partial charge in [0.25, 0.3) is 0 Å². The van der Waals surface area contributed by atoms with Gasteiger partial charge in [0, 0.05) is 0 Å². The summed E-state index contributed by atoms with van der Waals surface area (Å²) in [6.07, 6.45) is -22.4. The van der Waals surface area contributed by atoms with Gasteiger partial charge in [-0.3, -0.25) is 0 Å². The molecule has 0 N–H and O–H groups in total. The van der Waals surface area contributed by atoms with Crippen LogP contribution in [0.25, 0.3) is 0 Å². The van der Waals surface area contributed by atoms with E-state index in [0.717, 1.165) is 0 Å². The minimum absolute atomic E-state index is 1.17. The molecular formula is C18H19F20InN2. The average Bonchev–Trinajstić information content (AvgIpc) is 3.13. The zero-order valence-corrected chi connectivity index (χ0v) is 23.6. The Hall–Kier alpha value is -1.32. The molecule has 23 heteroatoms. The number of halogens is 20. The molecule has 0 saturated carbocycles. The molecule has 0 spiro atoms. The van der Waals surface area contributed by atoms with Crippen molar-refractivity contribution in [2.75, 3.05) is 0 Å². The van der Waals surface area contributed by atoms with Crippen LogP contribution in [0.15, 0.2) is 18.7 Å². The second kappa shape index (κ2) is 12.4. The quantitative estimate of drug-likeness (QED) is 0.136. The van der Waals surface area contributed by atoms with E-state index in [1.807, 2.05) is 0 Å². The minimum atomic E-state index is -13.4. The van der Waals surface area contributed by atoms with Gasteiger partial charge in [0.05, 0.1) is 13.6 Å². The molecule has 0 amide bonds. The normalized spacial score (nSPS) is 15.1. The first-order chi connectivity index (χ1) is 17.8.